The highest BCUT2D eigenvalue weighted by atomic mass is 16.3. The molecule has 110 valence electrons. The highest BCUT2D eigenvalue weighted by molar-refractivity contribution is 6.07. The molecule has 4 nitrogen and oxygen atoms in total. The molecule has 0 radical (unpaired) electrons. The summed E-state index contributed by atoms with van der Waals surface area (Å²) in [6.45, 7) is 4.45. The van der Waals surface area contributed by atoms with E-state index < -0.39 is 0 Å². The van der Waals surface area contributed by atoms with Crippen LogP contribution in [0.15, 0.2) is 42.5 Å². The highest BCUT2D eigenvalue weighted by Crippen LogP contribution is 2.23. The van der Waals surface area contributed by atoms with Crippen LogP contribution in [0.2, 0.25) is 0 Å². The maximum Gasteiger partial charge on any atom is 0.258 e. The minimum absolute atomic E-state index is 0.0834. The van der Waals surface area contributed by atoms with Crippen LogP contribution in [0.5, 0.6) is 5.75 Å². The number of nitrogens with two attached hydrogens (primary N) is 1. The molecule has 4 heteroatoms. The van der Waals surface area contributed by atoms with E-state index in [1.54, 1.807) is 29.2 Å². The second-order valence-electron chi connectivity index (χ2n) is 5.05. The zero-order valence-corrected chi connectivity index (χ0v) is 12.3. The van der Waals surface area contributed by atoms with Gasteiger partial charge in [0.25, 0.3) is 5.91 Å². The lowest BCUT2D eigenvalue weighted by molar-refractivity contribution is 0.0986. The van der Waals surface area contributed by atoms with Gasteiger partial charge in [-0.05, 0) is 55.3 Å². The molecule has 0 saturated carbocycles. The van der Waals surface area contributed by atoms with Crippen molar-refractivity contribution in [1.82, 2.24) is 0 Å². The van der Waals surface area contributed by atoms with Gasteiger partial charge in [-0.2, -0.15) is 0 Å². The Kier molecular flexibility index (Phi) is 4.48. The fraction of sp³-hybridized carbons (Fsp3) is 0.235. The number of nitrogens with zero attached hydrogens (tertiary/aromatic N) is 1. The quantitative estimate of drug-likeness (QED) is 0.846. The Morgan fingerprint density at radius 1 is 1.24 bits per heavy atom. The largest absolute Gasteiger partial charge is 0.508 e. The van der Waals surface area contributed by atoms with Gasteiger partial charge in [0, 0.05) is 23.5 Å². The minimum atomic E-state index is -0.0834. The zero-order chi connectivity index (χ0) is 15.4. The van der Waals surface area contributed by atoms with Crippen LogP contribution in [-0.2, 0) is 0 Å². The van der Waals surface area contributed by atoms with Crippen LogP contribution in [0.3, 0.4) is 0 Å². The molecule has 2 aromatic rings. The van der Waals surface area contributed by atoms with Crippen molar-refractivity contribution in [3.05, 3.63) is 53.6 Å². The fourth-order valence-corrected chi connectivity index (χ4v) is 2.30. The smallest absolute Gasteiger partial charge is 0.258 e. The van der Waals surface area contributed by atoms with Gasteiger partial charge in [0.2, 0.25) is 0 Å². The molecule has 0 atom stereocenters. The monoisotopic (exact) mass is 284 g/mol. The first-order valence-electron chi connectivity index (χ1n) is 7.00. The van der Waals surface area contributed by atoms with Gasteiger partial charge in [0.15, 0.2) is 0 Å². The number of nitrogen functional groups attached to an aromatic ring is 1. The topological polar surface area (TPSA) is 66.6 Å². The Balaban J connectivity index is 2.40. The molecule has 2 aromatic carbocycles. The van der Waals surface area contributed by atoms with Crippen molar-refractivity contribution < 1.29 is 9.90 Å². The van der Waals surface area contributed by atoms with E-state index in [2.05, 4.69) is 0 Å². The van der Waals surface area contributed by atoms with Crippen LogP contribution in [0.1, 0.15) is 29.3 Å². The number of aryl methyl sites for hydroxylation is 1. The van der Waals surface area contributed by atoms with Gasteiger partial charge >= 0.3 is 0 Å². The summed E-state index contributed by atoms with van der Waals surface area (Å²) >= 11 is 0. The first-order chi connectivity index (χ1) is 10.0. The van der Waals surface area contributed by atoms with E-state index in [0.29, 0.717) is 17.8 Å². The van der Waals surface area contributed by atoms with Crippen molar-refractivity contribution in [2.45, 2.75) is 20.3 Å². The van der Waals surface area contributed by atoms with Gasteiger partial charge in [-0.15, -0.1) is 0 Å². The Bertz CT molecular complexity index is 653. The minimum Gasteiger partial charge on any atom is -0.508 e. The average Bonchev–Trinajstić information content (AvgIpc) is 2.44. The Labute approximate surface area is 124 Å². The SMILES string of the molecule is CCCN(C(=O)c1ccc(O)cc1C)c1cccc(N)c1. The number of aromatic hydroxyl groups is 1. The van der Waals surface area contributed by atoms with E-state index >= 15 is 0 Å². The van der Waals surface area contributed by atoms with E-state index in [9.17, 15) is 9.90 Å². The van der Waals surface area contributed by atoms with Gasteiger partial charge in [-0.3, -0.25) is 4.79 Å². The molecule has 0 spiro atoms. The Morgan fingerprint density at radius 2 is 2.00 bits per heavy atom. The average molecular weight is 284 g/mol. The molecule has 21 heavy (non-hydrogen) atoms. The lowest BCUT2D eigenvalue weighted by atomic mass is 10.1. The summed E-state index contributed by atoms with van der Waals surface area (Å²) in [5.74, 6) is 0.0787. The van der Waals surface area contributed by atoms with Gasteiger partial charge in [0.05, 0.1) is 0 Å². The van der Waals surface area contributed by atoms with Gasteiger partial charge in [-0.25, -0.2) is 0 Å². The van der Waals surface area contributed by atoms with E-state index in [-0.39, 0.29) is 11.7 Å². The number of hydrogen-bond acceptors (Lipinski definition) is 3. The number of benzene rings is 2. The first-order valence-corrected chi connectivity index (χ1v) is 7.00. The molecular formula is C17H20N2O2. The molecule has 1 amide bonds. The van der Waals surface area contributed by atoms with Crippen LogP contribution in [0, 0.1) is 6.92 Å². The maximum absolute atomic E-state index is 12.8. The molecule has 0 saturated heterocycles. The van der Waals surface area contributed by atoms with Crippen LogP contribution >= 0.6 is 0 Å². The normalized spacial score (nSPS) is 10.4. The molecule has 2 rings (SSSR count). The number of rotatable bonds is 4. The molecule has 0 unspecified atom stereocenters. The van der Waals surface area contributed by atoms with Crippen molar-refractivity contribution in [2.24, 2.45) is 0 Å². The third kappa shape index (κ3) is 3.34. The zero-order valence-electron chi connectivity index (χ0n) is 12.3. The second kappa shape index (κ2) is 6.31. The van der Waals surface area contributed by atoms with Crippen molar-refractivity contribution >= 4 is 17.3 Å². The van der Waals surface area contributed by atoms with E-state index in [4.69, 9.17) is 5.73 Å². The number of hydrogen-bond donors (Lipinski definition) is 2. The van der Waals surface area contributed by atoms with E-state index in [1.165, 1.54) is 6.07 Å². The van der Waals surface area contributed by atoms with Crippen molar-refractivity contribution in [1.29, 1.82) is 0 Å². The summed E-state index contributed by atoms with van der Waals surface area (Å²) in [7, 11) is 0. The van der Waals surface area contributed by atoms with Crippen LogP contribution in [0.4, 0.5) is 11.4 Å². The van der Waals surface area contributed by atoms with Crippen molar-refractivity contribution in [3.8, 4) is 5.75 Å². The Hall–Kier alpha value is -2.49. The van der Waals surface area contributed by atoms with Crippen LogP contribution in [0.25, 0.3) is 0 Å². The summed E-state index contributed by atoms with van der Waals surface area (Å²) in [5.41, 5.74) is 8.57. The third-order valence-electron chi connectivity index (χ3n) is 3.31. The molecule has 0 fully saturated rings. The van der Waals surface area contributed by atoms with Crippen LogP contribution < -0.4 is 10.6 Å². The van der Waals surface area contributed by atoms with Gasteiger partial charge in [-0.1, -0.05) is 13.0 Å². The van der Waals surface area contributed by atoms with Crippen LogP contribution in [-0.4, -0.2) is 17.6 Å². The maximum atomic E-state index is 12.8. The molecule has 0 bridgehead atoms. The lowest BCUT2D eigenvalue weighted by Crippen LogP contribution is -2.32. The van der Waals surface area contributed by atoms with Gasteiger partial charge < -0.3 is 15.7 Å². The molecule has 0 aliphatic carbocycles. The predicted octanol–water partition coefficient (Wildman–Crippen LogP) is 3.34. The predicted molar refractivity (Wildman–Crippen MR) is 85.7 cm³/mol. The molecular weight excluding hydrogens is 264 g/mol. The van der Waals surface area contributed by atoms with E-state index in [0.717, 1.165) is 17.7 Å². The highest BCUT2D eigenvalue weighted by Gasteiger charge is 2.19. The molecule has 0 aliphatic rings. The third-order valence-corrected chi connectivity index (χ3v) is 3.31. The number of carbonyl (C=O) groups is 1. The van der Waals surface area contributed by atoms with Crippen molar-refractivity contribution in [3.63, 3.8) is 0 Å². The number of anilines is 2. The lowest BCUT2D eigenvalue weighted by Gasteiger charge is -2.23. The molecule has 0 aromatic heterocycles. The summed E-state index contributed by atoms with van der Waals surface area (Å²) in [6.07, 6.45) is 0.845. The number of phenolic OH excluding ortho intramolecular Hbond substituents is 1. The summed E-state index contributed by atoms with van der Waals surface area (Å²) in [4.78, 5) is 14.5. The summed E-state index contributed by atoms with van der Waals surface area (Å²) in [6, 6.07) is 12.1. The van der Waals surface area contributed by atoms with E-state index in [1.807, 2.05) is 26.0 Å². The number of amides is 1. The second-order valence-corrected chi connectivity index (χ2v) is 5.05. The van der Waals surface area contributed by atoms with Crippen molar-refractivity contribution in [2.75, 3.05) is 17.2 Å². The summed E-state index contributed by atoms with van der Waals surface area (Å²) in [5, 5.41) is 9.47. The number of phenols is 1. The number of carbonyl (C=O) groups excluding carboxylic acids is 1. The van der Waals surface area contributed by atoms with Gasteiger partial charge in [0.1, 0.15) is 5.75 Å². The summed E-state index contributed by atoms with van der Waals surface area (Å²) < 4.78 is 0. The fourth-order valence-electron chi connectivity index (χ4n) is 2.30. The standard InChI is InChI=1S/C17H20N2O2/c1-3-9-19(14-6-4-5-13(18)11-14)17(21)16-8-7-15(20)10-12(16)2/h4-8,10-11,20H,3,9,18H2,1-2H3. The molecule has 0 heterocycles. The molecule has 3 N–H and O–H groups in total. The first kappa shape index (κ1) is 14.9. The molecule has 0 aliphatic heterocycles. The Morgan fingerprint density at radius 3 is 2.62 bits per heavy atom.